The van der Waals surface area contributed by atoms with E-state index in [9.17, 15) is 4.79 Å². The molecular formula is C19H15BrN2O2. The first kappa shape index (κ1) is 15.1. The van der Waals surface area contributed by atoms with Crippen LogP contribution >= 0.6 is 15.9 Å². The van der Waals surface area contributed by atoms with Gasteiger partial charge in [-0.3, -0.25) is 0 Å². The Morgan fingerprint density at radius 1 is 1.00 bits per heavy atom. The Labute approximate surface area is 146 Å². The van der Waals surface area contributed by atoms with E-state index in [0.29, 0.717) is 17.0 Å². The average molecular weight is 383 g/mol. The fraction of sp³-hybridized carbons (Fsp3) is 0.158. The Hall–Kier alpha value is -2.40. The zero-order chi connectivity index (χ0) is 17.0. The quantitative estimate of drug-likeness (QED) is 0.470. The molecule has 0 aliphatic rings. The number of aromatic amines is 1. The van der Waals surface area contributed by atoms with Gasteiger partial charge in [-0.15, -0.1) is 0 Å². The van der Waals surface area contributed by atoms with Crippen molar-refractivity contribution in [2.24, 2.45) is 0 Å². The Balaban J connectivity index is 1.99. The smallest absolute Gasteiger partial charge is 0.347 e. The maximum atomic E-state index is 12.4. The second kappa shape index (κ2) is 5.31. The van der Waals surface area contributed by atoms with Gasteiger partial charge in [0, 0.05) is 9.86 Å². The zero-order valence-electron chi connectivity index (χ0n) is 13.5. The number of rotatable bonds is 1. The molecule has 4 aromatic rings. The summed E-state index contributed by atoms with van der Waals surface area (Å²) in [5.41, 5.74) is 5.69. The van der Waals surface area contributed by atoms with E-state index < -0.39 is 0 Å². The van der Waals surface area contributed by atoms with Crippen molar-refractivity contribution in [3.05, 3.63) is 61.9 Å². The molecule has 0 radical (unpaired) electrons. The van der Waals surface area contributed by atoms with Crippen molar-refractivity contribution >= 4 is 37.9 Å². The topological polar surface area (TPSA) is 58.9 Å². The highest BCUT2D eigenvalue weighted by Gasteiger charge is 2.14. The van der Waals surface area contributed by atoms with Crippen LogP contribution in [0.2, 0.25) is 0 Å². The van der Waals surface area contributed by atoms with Gasteiger partial charge < -0.3 is 9.40 Å². The number of halogens is 1. The molecule has 0 saturated heterocycles. The van der Waals surface area contributed by atoms with E-state index in [1.807, 2.05) is 44.2 Å². The van der Waals surface area contributed by atoms with E-state index in [0.717, 1.165) is 26.5 Å². The summed E-state index contributed by atoms with van der Waals surface area (Å²) < 4.78 is 6.49. The van der Waals surface area contributed by atoms with Crippen LogP contribution in [0.4, 0.5) is 0 Å². The first-order chi connectivity index (χ1) is 11.4. The molecule has 0 atom stereocenters. The summed E-state index contributed by atoms with van der Waals surface area (Å²) >= 11 is 3.48. The fourth-order valence-electron chi connectivity index (χ4n) is 2.93. The van der Waals surface area contributed by atoms with Crippen LogP contribution in [0.3, 0.4) is 0 Å². The molecule has 0 amide bonds. The molecule has 0 aliphatic heterocycles. The van der Waals surface area contributed by atoms with Gasteiger partial charge in [0.2, 0.25) is 0 Å². The highest BCUT2D eigenvalue weighted by atomic mass is 79.9. The number of aromatic nitrogens is 2. The third-order valence-corrected chi connectivity index (χ3v) is 4.79. The molecule has 120 valence electrons. The number of hydrogen-bond donors (Lipinski definition) is 1. The van der Waals surface area contributed by atoms with E-state index in [2.05, 4.69) is 32.8 Å². The molecule has 0 spiro atoms. The minimum Gasteiger partial charge on any atom is -0.422 e. The van der Waals surface area contributed by atoms with Gasteiger partial charge in [0.15, 0.2) is 0 Å². The third-order valence-electron chi connectivity index (χ3n) is 4.34. The van der Waals surface area contributed by atoms with E-state index in [1.54, 1.807) is 0 Å². The maximum absolute atomic E-state index is 12.4. The monoisotopic (exact) mass is 382 g/mol. The van der Waals surface area contributed by atoms with Gasteiger partial charge in [-0.05, 0) is 67.8 Å². The highest BCUT2D eigenvalue weighted by molar-refractivity contribution is 9.10. The second-order valence-corrected chi connectivity index (χ2v) is 7.04. The van der Waals surface area contributed by atoms with Crippen LogP contribution in [0.25, 0.3) is 33.4 Å². The first-order valence-corrected chi connectivity index (χ1v) is 8.43. The Bertz CT molecular complexity index is 1130. The maximum Gasteiger partial charge on any atom is 0.347 e. The van der Waals surface area contributed by atoms with Gasteiger partial charge in [-0.1, -0.05) is 15.9 Å². The molecular weight excluding hydrogens is 368 g/mol. The highest BCUT2D eigenvalue weighted by Crippen LogP contribution is 2.27. The lowest BCUT2D eigenvalue weighted by molar-refractivity contribution is 0.560. The summed E-state index contributed by atoms with van der Waals surface area (Å²) in [6.45, 7) is 6.02. The van der Waals surface area contributed by atoms with Crippen molar-refractivity contribution in [3.63, 3.8) is 0 Å². The molecule has 0 unspecified atom stereocenters. The van der Waals surface area contributed by atoms with Crippen LogP contribution < -0.4 is 5.63 Å². The molecule has 4 nitrogen and oxygen atoms in total. The molecule has 1 N–H and O–H groups in total. The number of benzene rings is 2. The molecule has 2 aromatic heterocycles. The number of nitrogens with one attached hydrogen (secondary N) is 1. The Kier molecular flexibility index (Phi) is 3.35. The van der Waals surface area contributed by atoms with E-state index in [-0.39, 0.29) is 5.63 Å². The van der Waals surface area contributed by atoms with E-state index in [1.165, 1.54) is 11.1 Å². The summed E-state index contributed by atoms with van der Waals surface area (Å²) in [6.07, 6.45) is 0. The summed E-state index contributed by atoms with van der Waals surface area (Å²) in [5.74, 6) is 0.531. The minimum atomic E-state index is -0.388. The number of fused-ring (bicyclic) bond motifs is 2. The van der Waals surface area contributed by atoms with Crippen molar-refractivity contribution < 1.29 is 4.42 Å². The third kappa shape index (κ3) is 2.36. The summed E-state index contributed by atoms with van der Waals surface area (Å²) in [6, 6.07) is 9.76. The number of nitrogens with zero attached hydrogens (tertiary/aromatic N) is 1. The van der Waals surface area contributed by atoms with Crippen molar-refractivity contribution in [2.75, 3.05) is 0 Å². The molecule has 2 heterocycles. The number of H-pyrrole nitrogens is 1. The number of hydrogen-bond acceptors (Lipinski definition) is 3. The molecule has 4 rings (SSSR count). The Morgan fingerprint density at radius 2 is 1.75 bits per heavy atom. The van der Waals surface area contributed by atoms with Crippen molar-refractivity contribution in [1.82, 2.24) is 9.97 Å². The van der Waals surface area contributed by atoms with Gasteiger partial charge >= 0.3 is 5.63 Å². The largest absolute Gasteiger partial charge is 0.422 e. The lowest BCUT2D eigenvalue weighted by atomic mass is 10.1. The van der Waals surface area contributed by atoms with Crippen molar-refractivity contribution in [2.45, 2.75) is 20.8 Å². The molecule has 2 aromatic carbocycles. The van der Waals surface area contributed by atoms with Crippen LogP contribution in [0.1, 0.15) is 16.7 Å². The molecule has 0 fully saturated rings. The number of imidazole rings is 1. The van der Waals surface area contributed by atoms with Crippen LogP contribution in [0, 0.1) is 20.8 Å². The average Bonchev–Trinajstić information content (AvgIpc) is 2.90. The predicted molar refractivity (Wildman–Crippen MR) is 99.5 cm³/mol. The summed E-state index contributed by atoms with van der Waals surface area (Å²) in [5, 5.41) is 0.865. The van der Waals surface area contributed by atoms with E-state index >= 15 is 0 Å². The molecule has 5 heteroatoms. The summed E-state index contributed by atoms with van der Waals surface area (Å²) in [4.78, 5) is 20.2. The SMILES string of the molecule is Cc1cc2nc(-c3cc4cc(Br)cc(C)c4oc3=O)[nH]c2cc1C. The van der Waals surface area contributed by atoms with Gasteiger partial charge in [0.25, 0.3) is 0 Å². The van der Waals surface area contributed by atoms with Crippen molar-refractivity contribution in [1.29, 1.82) is 0 Å². The number of aryl methyl sites for hydroxylation is 3. The second-order valence-electron chi connectivity index (χ2n) is 6.13. The van der Waals surface area contributed by atoms with E-state index in [4.69, 9.17) is 4.42 Å². The standard InChI is InChI=1S/C19H15BrN2O2/c1-9-5-15-16(6-10(9)2)22-18(21-15)14-8-12-7-13(20)4-11(3)17(12)24-19(14)23/h4-8H,1-3H3,(H,21,22). The summed E-state index contributed by atoms with van der Waals surface area (Å²) in [7, 11) is 0. The van der Waals surface area contributed by atoms with Gasteiger partial charge in [0.1, 0.15) is 17.0 Å². The van der Waals surface area contributed by atoms with Crippen LogP contribution in [0.5, 0.6) is 0 Å². The van der Waals surface area contributed by atoms with Gasteiger partial charge in [-0.25, -0.2) is 9.78 Å². The van der Waals surface area contributed by atoms with Crippen LogP contribution in [0.15, 0.2) is 44.0 Å². The molecule has 0 bridgehead atoms. The van der Waals surface area contributed by atoms with Crippen molar-refractivity contribution in [3.8, 4) is 11.4 Å². The lowest BCUT2D eigenvalue weighted by Crippen LogP contribution is -2.04. The van der Waals surface area contributed by atoms with Crippen LogP contribution in [-0.4, -0.2) is 9.97 Å². The van der Waals surface area contributed by atoms with Gasteiger partial charge in [-0.2, -0.15) is 0 Å². The minimum absolute atomic E-state index is 0.388. The first-order valence-electron chi connectivity index (χ1n) is 7.64. The Morgan fingerprint density at radius 3 is 2.54 bits per heavy atom. The normalized spacial score (nSPS) is 11.5. The zero-order valence-corrected chi connectivity index (χ0v) is 15.1. The van der Waals surface area contributed by atoms with Gasteiger partial charge in [0.05, 0.1) is 11.0 Å². The molecule has 0 saturated carbocycles. The lowest BCUT2D eigenvalue weighted by Gasteiger charge is -2.03. The molecule has 0 aliphatic carbocycles. The molecule has 24 heavy (non-hydrogen) atoms. The van der Waals surface area contributed by atoms with Crippen LogP contribution in [-0.2, 0) is 0 Å². The predicted octanol–water partition coefficient (Wildman–Crippen LogP) is 5.02. The fourth-order valence-corrected chi connectivity index (χ4v) is 3.52.